The smallest absolute Gasteiger partial charge is 0.225 e. The van der Waals surface area contributed by atoms with Gasteiger partial charge in [-0.1, -0.05) is 26.2 Å². The zero-order chi connectivity index (χ0) is 18.4. The molecule has 0 unspecified atom stereocenters. The largest absolute Gasteiger partial charge is 0.496 e. The van der Waals surface area contributed by atoms with Gasteiger partial charge < -0.3 is 9.64 Å². The highest BCUT2D eigenvalue weighted by molar-refractivity contribution is 5.78. The number of amides is 1. The predicted molar refractivity (Wildman–Crippen MR) is 102 cm³/mol. The minimum atomic E-state index is 0.190. The fraction of sp³-hybridized carbons (Fsp3) is 0.714. The van der Waals surface area contributed by atoms with E-state index in [2.05, 4.69) is 11.9 Å². The Bertz CT molecular complexity index is 578. The first-order chi connectivity index (χ1) is 12.0. The summed E-state index contributed by atoms with van der Waals surface area (Å²) in [6.45, 7) is 6.82. The van der Waals surface area contributed by atoms with Crippen LogP contribution in [0.15, 0.2) is 6.20 Å². The molecule has 1 fully saturated rings. The van der Waals surface area contributed by atoms with Gasteiger partial charge >= 0.3 is 0 Å². The molecule has 1 aliphatic rings. The second-order valence-electron chi connectivity index (χ2n) is 7.60. The van der Waals surface area contributed by atoms with Crippen LogP contribution in [0.1, 0.15) is 68.7 Å². The summed E-state index contributed by atoms with van der Waals surface area (Å²) in [5.41, 5.74) is 2.99. The molecular weight excluding hydrogens is 312 g/mol. The topological polar surface area (TPSA) is 42.4 Å². The monoisotopic (exact) mass is 346 g/mol. The molecular formula is C21H34N2O2. The highest BCUT2D eigenvalue weighted by Crippen LogP contribution is 2.33. The lowest BCUT2D eigenvalue weighted by Crippen LogP contribution is -2.35. The van der Waals surface area contributed by atoms with Crippen LogP contribution in [0.5, 0.6) is 5.75 Å². The molecule has 0 bridgehead atoms. The van der Waals surface area contributed by atoms with Crippen molar-refractivity contribution in [3.8, 4) is 5.75 Å². The van der Waals surface area contributed by atoms with Gasteiger partial charge in [0.1, 0.15) is 5.75 Å². The number of pyridine rings is 1. The third kappa shape index (κ3) is 4.96. The number of methoxy groups -OCH3 is 1. The molecule has 140 valence electrons. The zero-order valence-corrected chi connectivity index (χ0v) is 16.6. The fourth-order valence-corrected chi connectivity index (χ4v) is 4.04. The Kier molecular flexibility index (Phi) is 7.27. The summed E-state index contributed by atoms with van der Waals surface area (Å²) in [7, 11) is 3.59. The Balaban J connectivity index is 1.93. The standard InChI is InChI=1S/C21H34N2O2/c1-6-7-8-17-9-11-18(12-10-17)21(24)23(4)14-19-16(3)20(25-5)15(2)13-22-19/h13,17-18H,6-12,14H2,1-5H3. The lowest BCUT2D eigenvalue weighted by Gasteiger charge is -2.30. The maximum Gasteiger partial charge on any atom is 0.225 e. The molecule has 1 amide bonds. The van der Waals surface area contributed by atoms with Gasteiger partial charge in [-0.25, -0.2) is 0 Å². The summed E-state index contributed by atoms with van der Waals surface area (Å²) in [5.74, 6) is 2.17. The summed E-state index contributed by atoms with van der Waals surface area (Å²) in [6, 6.07) is 0. The van der Waals surface area contributed by atoms with E-state index in [1.165, 1.54) is 32.1 Å². The number of carbonyl (C=O) groups excluding carboxylic acids is 1. The van der Waals surface area contributed by atoms with Crippen molar-refractivity contribution < 1.29 is 9.53 Å². The number of carbonyl (C=O) groups is 1. The van der Waals surface area contributed by atoms with Crippen LogP contribution in [0.2, 0.25) is 0 Å². The summed E-state index contributed by atoms with van der Waals surface area (Å²) in [4.78, 5) is 19.2. The summed E-state index contributed by atoms with van der Waals surface area (Å²) in [5, 5.41) is 0. The van der Waals surface area contributed by atoms with Crippen molar-refractivity contribution in [2.45, 2.75) is 72.3 Å². The molecule has 1 saturated carbocycles. The van der Waals surface area contributed by atoms with E-state index in [-0.39, 0.29) is 11.8 Å². The van der Waals surface area contributed by atoms with E-state index in [1.54, 1.807) is 7.11 Å². The van der Waals surface area contributed by atoms with E-state index in [0.717, 1.165) is 41.3 Å². The predicted octanol–water partition coefficient (Wildman–Crippen LogP) is 4.66. The van der Waals surface area contributed by atoms with Crippen LogP contribution in [-0.2, 0) is 11.3 Å². The number of nitrogens with zero attached hydrogens (tertiary/aromatic N) is 2. The van der Waals surface area contributed by atoms with Gasteiger partial charge in [-0.2, -0.15) is 0 Å². The third-order valence-electron chi connectivity index (χ3n) is 5.67. The maximum absolute atomic E-state index is 12.8. The van der Waals surface area contributed by atoms with E-state index in [0.29, 0.717) is 6.54 Å². The van der Waals surface area contributed by atoms with Crippen molar-refractivity contribution in [1.29, 1.82) is 0 Å². The Morgan fingerprint density at radius 3 is 2.56 bits per heavy atom. The Morgan fingerprint density at radius 1 is 1.28 bits per heavy atom. The summed E-state index contributed by atoms with van der Waals surface area (Å²) in [6.07, 6.45) is 10.3. The quantitative estimate of drug-likeness (QED) is 0.721. The SMILES string of the molecule is CCCCC1CCC(C(=O)N(C)Cc2ncc(C)c(OC)c2C)CC1. The highest BCUT2D eigenvalue weighted by atomic mass is 16.5. The first-order valence-electron chi connectivity index (χ1n) is 9.71. The molecule has 0 N–H and O–H groups in total. The molecule has 1 heterocycles. The van der Waals surface area contributed by atoms with E-state index in [1.807, 2.05) is 32.0 Å². The van der Waals surface area contributed by atoms with Gasteiger partial charge in [0.2, 0.25) is 5.91 Å². The van der Waals surface area contributed by atoms with Crippen molar-refractivity contribution in [3.63, 3.8) is 0 Å². The Morgan fingerprint density at radius 2 is 1.96 bits per heavy atom. The second-order valence-corrected chi connectivity index (χ2v) is 7.60. The van der Waals surface area contributed by atoms with E-state index in [4.69, 9.17) is 4.74 Å². The Hall–Kier alpha value is -1.58. The average molecular weight is 347 g/mol. The van der Waals surface area contributed by atoms with E-state index < -0.39 is 0 Å². The van der Waals surface area contributed by atoms with Crippen molar-refractivity contribution in [2.24, 2.45) is 11.8 Å². The van der Waals surface area contributed by atoms with Crippen LogP contribution in [0.4, 0.5) is 0 Å². The fourth-order valence-electron chi connectivity index (χ4n) is 4.04. The minimum absolute atomic E-state index is 0.190. The van der Waals surface area contributed by atoms with Crippen LogP contribution >= 0.6 is 0 Å². The van der Waals surface area contributed by atoms with Gasteiger partial charge in [0.05, 0.1) is 19.3 Å². The van der Waals surface area contributed by atoms with Crippen LogP contribution < -0.4 is 4.74 Å². The lowest BCUT2D eigenvalue weighted by atomic mass is 9.79. The molecule has 4 heteroatoms. The van der Waals surface area contributed by atoms with Crippen LogP contribution in [-0.4, -0.2) is 29.9 Å². The number of aryl methyl sites for hydroxylation is 1. The van der Waals surface area contributed by atoms with E-state index in [9.17, 15) is 4.79 Å². The first kappa shape index (κ1) is 19.7. The number of unbranched alkanes of at least 4 members (excludes halogenated alkanes) is 1. The normalized spacial score (nSPS) is 20.4. The van der Waals surface area contributed by atoms with E-state index >= 15 is 0 Å². The maximum atomic E-state index is 12.8. The average Bonchev–Trinajstić information content (AvgIpc) is 2.62. The van der Waals surface area contributed by atoms with Gasteiger partial charge in [0.25, 0.3) is 0 Å². The molecule has 0 saturated heterocycles. The van der Waals surface area contributed by atoms with Gasteiger partial charge in [0.15, 0.2) is 0 Å². The molecule has 1 aliphatic carbocycles. The number of rotatable bonds is 7. The number of ether oxygens (including phenoxy) is 1. The minimum Gasteiger partial charge on any atom is -0.496 e. The molecule has 1 aromatic heterocycles. The lowest BCUT2D eigenvalue weighted by molar-refractivity contribution is -0.136. The van der Waals surface area contributed by atoms with Crippen molar-refractivity contribution in [3.05, 3.63) is 23.0 Å². The number of hydrogen-bond donors (Lipinski definition) is 0. The molecule has 0 spiro atoms. The van der Waals surface area contributed by atoms with Crippen molar-refractivity contribution in [2.75, 3.05) is 14.2 Å². The van der Waals surface area contributed by atoms with Crippen LogP contribution in [0.3, 0.4) is 0 Å². The first-order valence-corrected chi connectivity index (χ1v) is 9.71. The summed E-state index contributed by atoms with van der Waals surface area (Å²) < 4.78 is 5.48. The molecule has 4 nitrogen and oxygen atoms in total. The molecule has 25 heavy (non-hydrogen) atoms. The molecule has 2 rings (SSSR count). The van der Waals surface area contributed by atoms with Gasteiger partial charge in [-0.15, -0.1) is 0 Å². The summed E-state index contributed by atoms with van der Waals surface area (Å²) >= 11 is 0. The Labute approximate surface area is 153 Å². The van der Waals surface area contributed by atoms with Crippen molar-refractivity contribution in [1.82, 2.24) is 9.88 Å². The van der Waals surface area contributed by atoms with Crippen LogP contribution in [0, 0.1) is 25.7 Å². The molecule has 0 aromatic carbocycles. The molecule has 0 radical (unpaired) electrons. The highest BCUT2D eigenvalue weighted by Gasteiger charge is 2.28. The van der Waals surface area contributed by atoms with Crippen molar-refractivity contribution >= 4 is 5.91 Å². The number of hydrogen-bond acceptors (Lipinski definition) is 3. The van der Waals surface area contributed by atoms with Gasteiger partial charge in [-0.3, -0.25) is 9.78 Å². The van der Waals surface area contributed by atoms with Gasteiger partial charge in [0, 0.05) is 30.3 Å². The molecule has 0 atom stereocenters. The van der Waals surface area contributed by atoms with Crippen LogP contribution in [0.25, 0.3) is 0 Å². The number of aromatic nitrogens is 1. The van der Waals surface area contributed by atoms with Gasteiger partial charge in [-0.05, 0) is 45.4 Å². The second kappa shape index (κ2) is 9.21. The molecule has 0 aliphatic heterocycles. The zero-order valence-electron chi connectivity index (χ0n) is 16.6. The third-order valence-corrected chi connectivity index (χ3v) is 5.67. The molecule has 1 aromatic rings.